The molecule has 4 rings (SSSR count). The van der Waals surface area contributed by atoms with Gasteiger partial charge in [0.2, 0.25) is 5.91 Å². The molecular weight excluding hydrogens is 546 g/mol. The number of esters is 1. The highest BCUT2D eigenvalue weighted by Gasteiger charge is 2.22. The molecule has 0 aliphatic heterocycles. The molecule has 12 nitrogen and oxygen atoms in total. The standard InChI is InChI=1S/C21H18ClNO6.C6H6N2O.2H2O/c1-12-16(10-20(26)29-11-19(24)25)17-9-15(28-2)7-8-18(17)23(12)21(27)13-3-5-14(22)6-4-13;7-6(9)5-2-1-3-8-4-5;;/h3-9H,10-11H2,1-2H3,(H,24,25);1-4H,(H2,7,9);2*1H2. The molecule has 0 saturated carbocycles. The van der Waals surface area contributed by atoms with Gasteiger partial charge in [-0.1, -0.05) is 11.6 Å². The summed E-state index contributed by atoms with van der Waals surface area (Å²) in [5, 5.41) is 9.86. The van der Waals surface area contributed by atoms with E-state index in [-0.39, 0.29) is 23.3 Å². The molecule has 2 heterocycles. The van der Waals surface area contributed by atoms with Crippen molar-refractivity contribution < 1.29 is 44.7 Å². The van der Waals surface area contributed by atoms with E-state index < -0.39 is 24.5 Å². The second kappa shape index (κ2) is 15.0. The first kappa shape index (κ1) is 33.2. The number of carboxylic acid groups (broad SMARTS) is 1. The number of ether oxygens (including phenoxy) is 2. The van der Waals surface area contributed by atoms with Crippen LogP contribution in [0.2, 0.25) is 5.02 Å². The molecule has 2 aromatic carbocycles. The SMILES string of the molecule is COc1ccc2c(c1)c(CC(=O)OCC(=O)O)c(C)n2C(=O)c1ccc(Cl)cc1.NC(=O)c1cccnc1.O.O. The van der Waals surface area contributed by atoms with E-state index in [4.69, 9.17) is 31.9 Å². The van der Waals surface area contributed by atoms with E-state index in [1.165, 1.54) is 17.9 Å². The summed E-state index contributed by atoms with van der Waals surface area (Å²) in [6.07, 6.45) is 2.85. The minimum absolute atomic E-state index is 0. The number of primary amides is 1. The summed E-state index contributed by atoms with van der Waals surface area (Å²) in [5.74, 6) is -2.09. The Labute approximate surface area is 233 Å². The molecular formula is C27H28ClN3O9. The molecule has 0 radical (unpaired) electrons. The smallest absolute Gasteiger partial charge is 0.341 e. The van der Waals surface area contributed by atoms with E-state index in [2.05, 4.69) is 4.98 Å². The van der Waals surface area contributed by atoms with Crippen molar-refractivity contribution in [2.24, 2.45) is 5.73 Å². The van der Waals surface area contributed by atoms with Crippen LogP contribution in [-0.4, -0.2) is 63.1 Å². The van der Waals surface area contributed by atoms with Crippen molar-refractivity contribution in [1.29, 1.82) is 0 Å². The van der Waals surface area contributed by atoms with E-state index >= 15 is 0 Å². The van der Waals surface area contributed by atoms with Crippen LogP contribution < -0.4 is 10.5 Å². The minimum atomic E-state index is -1.24. The Hall–Kier alpha value is -4.78. The van der Waals surface area contributed by atoms with Crippen LogP contribution in [0.5, 0.6) is 5.75 Å². The molecule has 0 fully saturated rings. The lowest BCUT2D eigenvalue weighted by atomic mass is 10.1. The highest BCUT2D eigenvalue weighted by Crippen LogP contribution is 2.31. The number of carbonyl (C=O) groups is 4. The Bertz CT molecular complexity index is 1490. The van der Waals surface area contributed by atoms with E-state index in [9.17, 15) is 19.2 Å². The van der Waals surface area contributed by atoms with Gasteiger partial charge in [-0.25, -0.2) is 4.79 Å². The van der Waals surface area contributed by atoms with E-state index in [0.717, 1.165) is 0 Å². The molecule has 212 valence electrons. The number of hydrogen-bond donors (Lipinski definition) is 2. The van der Waals surface area contributed by atoms with Gasteiger partial charge in [0.25, 0.3) is 5.91 Å². The predicted octanol–water partition coefficient (Wildman–Crippen LogP) is 2.00. The molecule has 0 saturated heterocycles. The fourth-order valence-corrected chi connectivity index (χ4v) is 3.77. The van der Waals surface area contributed by atoms with Gasteiger partial charge in [0.1, 0.15) is 5.75 Å². The molecule has 0 atom stereocenters. The van der Waals surface area contributed by atoms with Gasteiger partial charge in [0.15, 0.2) is 6.61 Å². The molecule has 0 bridgehead atoms. The summed E-state index contributed by atoms with van der Waals surface area (Å²) in [5.41, 5.74) is 7.54. The maximum absolute atomic E-state index is 13.2. The summed E-state index contributed by atoms with van der Waals surface area (Å²) < 4.78 is 11.5. The topological polar surface area (TPSA) is 214 Å². The third-order valence-corrected chi connectivity index (χ3v) is 5.71. The fraction of sp³-hybridized carbons (Fsp3) is 0.148. The van der Waals surface area contributed by atoms with Crippen LogP contribution in [0.15, 0.2) is 67.0 Å². The monoisotopic (exact) mass is 573 g/mol. The van der Waals surface area contributed by atoms with Crippen LogP contribution in [0.4, 0.5) is 0 Å². The summed E-state index contributed by atoms with van der Waals surface area (Å²) in [4.78, 5) is 50.0. The highest BCUT2D eigenvalue weighted by atomic mass is 35.5. The number of pyridine rings is 1. The van der Waals surface area contributed by atoms with Crippen molar-refractivity contribution in [2.45, 2.75) is 13.3 Å². The summed E-state index contributed by atoms with van der Waals surface area (Å²) in [6, 6.07) is 15.0. The van der Waals surface area contributed by atoms with Crippen molar-refractivity contribution in [3.8, 4) is 5.75 Å². The number of aliphatic carboxylic acids is 1. The number of hydrogen-bond acceptors (Lipinski definition) is 7. The molecule has 0 spiro atoms. The molecule has 1 amide bonds. The van der Waals surface area contributed by atoms with Gasteiger partial charge in [-0.15, -0.1) is 0 Å². The maximum atomic E-state index is 13.2. The lowest BCUT2D eigenvalue weighted by molar-refractivity contribution is -0.154. The molecule has 0 unspecified atom stereocenters. The van der Waals surface area contributed by atoms with Gasteiger partial charge in [-0.2, -0.15) is 0 Å². The third-order valence-electron chi connectivity index (χ3n) is 5.46. The Morgan fingerprint density at radius 1 is 1.02 bits per heavy atom. The zero-order valence-electron chi connectivity index (χ0n) is 21.5. The van der Waals surface area contributed by atoms with Gasteiger partial charge >= 0.3 is 11.9 Å². The van der Waals surface area contributed by atoms with Crippen molar-refractivity contribution >= 4 is 46.3 Å². The van der Waals surface area contributed by atoms with E-state index in [0.29, 0.717) is 44.1 Å². The number of nitrogens with zero attached hydrogens (tertiary/aromatic N) is 2. The van der Waals surface area contributed by atoms with Crippen molar-refractivity contribution in [3.63, 3.8) is 0 Å². The van der Waals surface area contributed by atoms with E-state index in [1.54, 1.807) is 67.7 Å². The van der Waals surface area contributed by atoms with Gasteiger partial charge in [-0.05, 0) is 67.1 Å². The number of methoxy groups -OCH3 is 1. The number of halogens is 1. The predicted molar refractivity (Wildman–Crippen MR) is 147 cm³/mol. The molecule has 0 aliphatic carbocycles. The average Bonchev–Trinajstić information content (AvgIpc) is 3.18. The number of rotatable bonds is 7. The lowest BCUT2D eigenvalue weighted by Crippen LogP contribution is -2.16. The first-order chi connectivity index (χ1) is 18.1. The molecule has 4 aromatic rings. The number of amides is 1. The molecule has 0 aliphatic rings. The second-order valence-electron chi connectivity index (χ2n) is 7.93. The zero-order valence-corrected chi connectivity index (χ0v) is 22.3. The van der Waals surface area contributed by atoms with Gasteiger partial charge in [-0.3, -0.25) is 23.9 Å². The van der Waals surface area contributed by atoms with Crippen molar-refractivity contribution in [3.05, 3.63) is 94.4 Å². The number of nitrogens with two attached hydrogens (primary N) is 1. The second-order valence-corrected chi connectivity index (χ2v) is 8.37. The molecule has 7 N–H and O–H groups in total. The number of fused-ring (bicyclic) bond motifs is 1. The van der Waals surface area contributed by atoms with Crippen LogP contribution in [-0.2, 0) is 20.7 Å². The maximum Gasteiger partial charge on any atom is 0.341 e. The number of aromatic nitrogens is 2. The first-order valence-corrected chi connectivity index (χ1v) is 11.6. The van der Waals surface area contributed by atoms with Crippen LogP contribution in [0.3, 0.4) is 0 Å². The number of carboxylic acids is 1. The average molecular weight is 574 g/mol. The minimum Gasteiger partial charge on any atom is -0.497 e. The Balaban J connectivity index is 0.000000622. The summed E-state index contributed by atoms with van der Waals surface area (Å²) in [7, 11) is 1.52. The highest BCUT2D eigenvalue weighted by molar-refractivity contribution is 6.30. The zero-order chi connectivity index (χ0) is 27.8. The van der Waals surface area contributed by atoms with Crippen LogP contribution in [0, 0.1) is 6.92 Å². The Morgan fingerprint density at radius 2 is 1.70 bits per heavy atom. The van der Waals surface area contributed by atoms with Crippen LogP contribution >= 0.6 is 11.6 Å². The van der Waals surface area contributed by atoms with Gasteiger partial charge < -0.3 is 31.3 Å². The Morgan fingerprint density at radius 3 is 2.23 bits per heavy atom. The third kappa shape index (κ3) is 8.11. The molecule has 2 aromatic heterocycles. The first-order valence-electron chi connectivity index (χ1n) is 11.2. The number of benzene rings is 2. The van der Waals surface area contributed by atoms with E-state index in [1.807, 2.05) is 0 Å². The quantitative estimate of drug-likeness (QED) is 0.311. The summed E-state index contributed by atoms with van der Waals surface area (Å²) in [6.45, 7) is 1.00. The Kier molecular flexibility index (Phi) is 12.4. The lowest BCUT2D eigenvalue weighted by Gasteiger charge is -2.08. The van der Waals surface area contributed by atoms with Crippen molar-refractivity contribution in [2.75, 3.05) is 13.7 Å². The fourth-order valence-electron chi connectivity index (χ4n) is 3.64. The van der Waals surface area contributed by atoms with Gasteiger partial charge in [0.05, 0.1) is 24.6 Å². The van der Waals surface area contributed by atoms with Crippen LogP contribution in [0.1, 0.15) is 32.0 Å². The van der Waals surface area contributed by atoms with Crippen LogP contribution in [0.25, 0.3) is 10.9 Å². The molecule has 13 heteroatoms. The largest absolute Gasteiger partial charge is 0.497 e. The number of carbonyl (C=O) groups excluding carboxylic acids is 3. The normalized spacial score (nSPS) is 9.78. The van der Waals surface area contributed by atoms with Gasteiger partial charge in [0, 0.05) is 34.1 Å². The summed E-state index contributed by atoms with van der Waals surface area (Å²) >= 11 is 5.91. The van der Waals surface area contributed by atoms with Crippen molar-refractivity contribution in [1.82, 2.24) is 9.55 Å². The molecule has 40 heavy (non-hydrogen) atoms.